The van der Waals surface area contributed by atoms with Crippen molar-refractivity contribution in [3.05, 3.63) is 77.4 Å². The molecule has 3 rings (SSSR count). The Balaban J connectivity index is 2.01. The maximum atomic E-state index is 12.7. The molecule has 1 heterocycles. The van der Waals surface area contributed by atoms with E-state index in [-0.39, 0.29) is 18.5 Å². The van der Waals surface area contributed by atoms with Crippen molar-refractivity contribution in [2.75, 3.05) is 6.61 Å². The highest BCUT2D eigenvalue weighted by Crippen LogP contribution is 2.34. The van der Waals surface area contributed by atoms with E-state index in [1.807, 2.05) is 48.5 Å². The Bertz CT molecular complexity index is 659. The van der Waals surface area contributed by atoms with E-state index in [0.717, 1.165) is 5.56 Å². The molecule has 0 fully saturated rings. The summed E-state index contributed by atoms with van der Waals surface area (Å²) in [5.41, 5.74) is 2.14. The molecule has 106 valence electrons. The predicted octanol–water partition coefficient (Wildman–Crippen LogP) is 3.06. The SMILES string of the molecule is O=C(C1=C(c2ccccc2)OC(CO)C1)c1ccccc1. The molecule has 0 spiro atoms. The van der Waals surface area contributed by atoms with Crippen LogP contribution in [0, 0.1) is 0 Å². The number of aliphatic hydroxyl groups is 1. The lowest BCUT2D eigenvalue weighted by atomic mass is 9.97. The lowest BCUT2D eigenvalue weighted by Crippen LogP contribution is -2.12. The zero-order valence-electron chi connectivity index (χ0n) is 11.5. The molecule has 2 aromatic carbocycles. The standard InChI is InChI=1S/C18H16O3/c19-12-15-11-16(17(20)13-7-3-1-4-8-13)18(21-15)14-9-5-2-6-10-14/h1-10,15,19H,11-12H2. The third-order valence-electron chi connectivity index (χ3n) is 3.54. The van der Waals surface area contributed by atoms with E-state index in [2.05, 4.69) is 0 Å². The van der Waals surface area contributed by atoms with E-state index >= 15 is 0 Å². The van der Waals surface area contributed by atoms with E-state index in [1.54, 1.807) is 12.1 Å². The molecular weight excluding hydrogens is 264 g/mol. The van der Waals surface area contributed by atoms with E-state index < -0.39 is 0 Å². The maximum Gasteiger partial charge on any atom is 0.192 e. The number of ketones is 1. The van der Waals surface area contributed by atoms with Crippen molar-refractivity contribution in [2.45, 2.75) is 12.5 Å². The first-order valence-electron chi connectivity index (χ1n) is 6.95. The van der Waals surface area contributed by atoms with Gasteiger partial charge >= 0.3 is 0 Å². The van der Waals surface area contributed by atoms with E-state index in [0.29, 0.717) is 23.3 Å². The molecule has 0 radical (unpaired) electrons. The fourth-order valence-corrected chi connectivity index (χ4v) is 2.49. The molecule has 1 atom stereocenters. The van der Waals surface area contributed by atoms with Crippen LogP contribution in [0.3, 0.4) is 0 Å². The van der Waals surface area contributed by atoms with Crippen molar-refractivity contribution in [2.24, 2.45) is 0 Å². The first-order valence-corrected chi connectivity index (χ1v) is 6.95. The van der Waals surface area contributed by atoms with Crippen LogP contribution >= 0.6 is 0 Å². The number of hydrogen-bond donors (Lipinski definition) is 1. The highest BCUT2D eigenvalue weighted by atomic mass is 16.5. The fourth-order valence-electron chi connectivity index (χ4n) is 2.49. The smallest absolute Gasteiger partial charge is 0.192 e. The summed E-state index contributed by atoms with van der Waals surface area (Å²) in [5.74, 6) is 0.550. The molecule has 21 heavy (non-hydrogen) atoms. The third kappa shape index (κ3) is 2.73. The first kappa shape index (κ1) is 13.6. The largest absolute Gasteiger partial charge is 0.487 e. The monoisotopic (exact) mass is 280 g/mol. The van der Waals surface area contributed by atoms with Crippen LogP contribution in [0.1, 0.15) is 22.3 Å². The summed E-state index contributed by atoms with van der Waals surface area (Å²) in [4.78, 5) is 12.7. The van der Waals surface area contributed by atoms with E-state index in [9.17, 15) is 9.90 Å². The second kappa shape index (κ2) is 5.94. The van der Waals surface area contributed by atoms with Crippen LogP contribution in [-0.2, 0) is 4.74 Å². The van der Waals surface area contributed by atoms with Crippen LogP contribution in [0.2, 0.25) is 0 Å². The predicted molar refractivity (Wildman–Crippen MR) is 80.7 cm³/mol. The topological polar surface area (TPSA) is 46.5 Å². The molecule has 0 saturated carbocycles. The van der Waals surface area contributed by atoms with Crippen molar-refractivity contribution in [3.8, 4) is 0 Å². The van der Waals surface area contributed by atoms with Gasteiger partial charge in [-0.05, 0) is 0 Å². The van der Waals surface area contributed by atoms with Gasteiger partial charge in [0.2, 0.25) is 0 Å². The van der Waals surface area contributed by atoms with Gasteiger partial charge in [-0.25, -0.2) is 0 Å². The Morgan fingerprint density at radius 2 is 1.67 bits per heavy atom. The Morgan fingerprint density at radius 3 is 2.29 bits per heavy atom. The zero-order chi connectivity index (χ0) is 14.7. The molecule has 1 N–H and O–H groups in total. The lowest BCUT2D eigenvalue weighted by molar-refractivity contribution is 0.101. The van der Waals surface area contributed by atoms with Gasteiger partial charge in [0.25, 0.3) is 0 Å². The molecule has 0 saturated heterocycles. The number of carbonyl (C=O) groups excluding carboxylic acids is 1. The second-order valence-electron chi connectivity index (χ2n) is 5.00. The van der Waals surface area contributed by atoms with Crippen LogP contribution in [0.25, 0.3) is 5.76 Å². The molecule has 3 nitrogen and oxygen atoms in total. The van der Waals surface area contributed by atoms with E-state index in [1.165, 1.54) is 0 Å². The van der Waals surface area contributed by atoms with Crippen molar-refractivity contribution in [3.63, 3.8) is 0 Å². The van der Waals surface area contributed by atoms with Crippen LogP contribution < -0.4 is 0 Å². The van der Waals surface area contributed by atoms with Gasteiger partial charge in [-0.1, -0.05) is 60.7 Å². The summed E-state index contributed by atoms with van der Waals surface area (Å²) in [6.07, 6.45) is 0.0944. The van der Waals surface area contributed by atoms with Crippen molar-refractivity contribution >= 4 is 11.5 Å². The number of aliphatic hydroxyl groups excluding tert-OH is 1. The Labute approximate surface area is 123 Å². The first-order chi connectivity index (χ1) is 10.3. The van der Waals surface area contributed by atoms with Gasteiger partial charge < -0.3 is 9.84 Å². The molecule has 0 bridgehead atoms. The van der Waals surface area contributed by atoms with E-state index in [4.69, 9.17) is 4.74 Å². The molecule has 2 aromatic rings. The summed E-state index contributed by atoms with van der Waals surface area (Å²) in [7, 11) is 0. The molecular formula is C18H16O3. The summed E-state index contributed by atoms with van der Waals surface area (Å²) in [6.45, 7) is -0.0953. The van der Waals surface area contributed by atoms with Gasteiger partial charge in [0.1, 0.15) is 11.9 Å². The average Bonchev–Trinajstić information content (AvgIpc) is 3.00. The highest BCUT2D eigenvalue weighted by molar-refractivity contribution is 6.13. The number of ether oxygens (including phenoxy) is 1. The molecule has 0 aromatic heterocycles. The van der Waals surface area contributed by atoms with Gasteiger partial charge in [0, 0.05) is 23.1 Å². The minimum Gasteiger partial charge on any atom is -0.487 e. The van der Waals surface area contributed by atoms with Gasteiger partial charge in [0.15, 0.2) is 5.78 Å². The highest BCUT2D eigenvalue weighted by Gasteiger charge is 2.30. The van der Waals surface area contributed by atoms with Crippen LogP contribution in [0.5, 0.6) is 0 Å². The Hall–Kier alpha value is -2.39. The second-order valence-corrected chi connectivity index (χ2v) is 5.00. The molecule has 3 heteroatoms. The average molecular weight is 280 g/mol. The summed E-state index contributed by atoms with van der Waals surface area (Å²) < 4.78 is 5.76. The number of rotatable bonds is 4. The molecule has 0 amide bonds. The summed E-state index contributed by atoms with van der Waals surface area (Å²) >= 11 is 0. The molecule has 0 aliphatic carbocycles. The van der Waals surface area contributed by atoms with Gasteiger partial charge in [0.05, 0.1) is 6.61 Å². The number of carbonyl (C=O) groups is 1. The Kier molecular flexibility index (Phi) is 3.84. The minimum atomic E-state index is -0.345. The fraction of sp³-hybridized carbons (Fsp3) is 0.167. The minimum absolute atomic E-state index is 0.0367. The Morgan fingerprint density at radius 1 is 1.05 bits per heavy atom. The quantitative estimate of drug-likeness (QED) is 0.876. The van der Waals surface area contributed by atoms with Crippen LogP contribution in [-0.4, -0.2) is 23.6 Å². The molecule has 1 aliphatic rings. The van der Waals surface area contributed by atoms with Crippen molar-refractivity contribution in [1.82, 2.24) is 0 Å². The number of hydrogen-bond acceptors (Lipinski definition) is 3. The van der Waals surface area contributed by atoms with Crippen LogP contribution in [0.4, 0.5) is 0 Å². The van der Waals surface area contributed by atoms with Crippen LogP contribution in [0.15, 0.2) is 66.2 Å². The summed E-state index contributed by atoms with van der Waals surface area (Å²) in [5, 5.41) is 9.34. The maximum absolute atomic E-state index is 12.7. The lowest BCUT2D eigenvalue weighted by Gasteiger charge is -2.09. The van der Waals surface area contributed by atoms with Gasteiger partial charge in [-0.2, -0.15) is 0 Å². The normalized spacial score (nSPS) is 17.7. The molecule has 1 aliphatic heterocycles. The summed E-state index contributed by atoms with van der Waals surface area (Å²) in [6, 6.07) is 18.7. The zero-order valence-corrected chi connectivity index (χ0v) is 11.5. The third-order valence-corrected chi connectivity index (χ3v) is 3.54. The number of Topliss-reactive ketones (excluding diaryl/α,β-unsaturated/α-hetero) is 1. The molecule has 1 unspecified atom stereocenters. The van der Waals surface area contributed by atoms with Gasteiger partial charge in [-0.15, -0.1) is 0 Å². The van der Waals surface area contributed by atoms with Crippen molar-refractivity contribution in [1.29, 1.82) is 0 Å². The van der Waals surface area contributed by atoms with Gasteiger partial charge in [-0.3, -0.25) is 4.79 Å². The van der Waals surface area contributed by atoms with Crippen molar-refractivity contribution < 1.29 is 14.6 Å². The number of benzene rings is 2.